The van der Waals surface area contributed by atoms with Crippen molar-refractivity contribution in [1.82, 2.24) is 0 Å². The molecule has 0 aliphatic carbocycles. The average molecular weight is 346 g/mol. The molecule has 0 saturated carbocycles. The summed E-state index contributed by atoms with van der Waals surface area (Å²) < 4.78 is 0. The number of nitriles is 2. The highest BCUT2D eigenvalue weighted by Crippen LogP contribution is 2.36. The van der Waals surface area contributed by atoms with Crippen LogP contribution < -0.4 is 0 Å². The Balaban J connectivity index is 5.18. The molecule has 0 radical (unpaired) electrons. The van der Waals surface area contributed by atoms with Crippen molar-refractivity contribution in [3.63, 3.8) is 0 Å². The minimum atomic E-state index is 0.0746. The second-order valence-electron chi connectivity index (χ2n) is 7.56. The third kappa shape index (κ3) is 9.06. The van der Waals surface area contributed by atoms with Crippen LogP contribution in [-0.2, 0) is 0 Å². The number of hydrogen-bond donors (Lipinski definition) is 0. The fraction of sp³-hybridized carbons (Fsp3) is 0.864. The number of hydrogen-bond acceptors (Lipinski definition) is 3. The van der Waals surface area contributed by atoms with Gasteiger partial charge in [-0.1, -0.05) is 53.4 Å². The maximum absolute atomic E-state index is 9.02. The molecule has 0 aliphatic rings. The van der Waals surface area contributed by atoms with E-state index in [1.165, 1.54) is 25.7 Å². The van der Waals surface area contributed by atoms with E-state index in [-0.39, 0.29) is 10.8 Å². The first-order chi connectivity index (χ1) is 12.1. The third-order valence-corrected chi connectivity index (χ3v) is 5.84. The van der Waals surface area contributed by atoms with Crippen LogP contribution in [0.25, 0.3) is 0 Å². The van der Waals surface area contributed by atoms with E-state index >= 15 is 0 Å². The van der Waals surface area contributed by atoms with Gasteiger partial charge in [0.05, 0.1) is 12.1 Å². The molecule has 0 fully saturated rings. The van der Waals surface area contributed by atoms with Crippen LogP contribution in [0.3, 0.4) is 0 Å². The molecule has 0 aliphatic heterocycles. The molecule has 0 amide bonds. The normalized spacial score (nSPS) is 16.1. The molecule has 0 heterocycles. The zero-order valence-corrected chi connectivity index (χ0v) is 17.1. The highest BCUT2D eigenvalue weighted by Gasteiger charge is 2.29. The minimum Gasteiger partial charge on any atom is -0.296 e. The van der Waals surface area contributed by atoms with Gasteiger partial charge in [0.25, 0.3) is 0 Å². The SMILES string of the molecule is CCCCC(C=NCC(CC)(CCC#N)CCCC)(CC)CCC#N. The van der Waals surface area contributed by atoms with Crippen molar-refractivity contribution in [2.45, 2.75) is 105 Å². The van der Waals surface area contributed by atoms with E-state index in [9.17, 15) is 0 Å². The van der Waals surface area contributed by atoms with Crippen LogP contribution in [-0.4, -0.2) is 12.8 Å². The lowest BCUT2D eigenvalue weighted by atomic mass is 9.75. The zero-order valence-electron chi connectivity index (χ0n) is 17.1. The lowest BCUT2D eigenvalue weighted by Crippen LogP contribution is -2.26. The van der Waals surface area contributed by atoms with Crippen molar-refractivity contribution < 1.29 is 0 Å². The Morgan fingerprint density at radius 1 is 0.800 bits per heavy atom. The number of aliphatic imine (C=N–C) groups is 1. The summed E-state index contributed by atoms with van der Waals surface area (Å²) in [5.41, 5.74) is 0.243. The van der Waals surface area contributed by atoms with Gasteiger partial charge in [0.2, 0.25) is 0 Å². The molecular formula is C22H39N3. The molecule has 0 aromatic heterocycles. The van der Waals surface area contributed by atoms with Gasteiger partial charge in [-0.3, -0.25) is 4.99 Å². The fourth-order valence-electron chi connectivity index (χ4n) is 3.59. The lowest BCUT2D eigenvalue weighted by Gasteiger charge is -2.32. The van der Waals surface area contributed by atoms with Gasteiger partial charge in [0, 0.05) is 31.0 Å². The van der Waals surface area contributed by atoms with E-state index in [0.717, 1.165) is 45.1 Å². The fourth-order valence-corrected chi connectivity index (χ4v) is 3.59. The smallest absolute Gasteiger partial charge is 0.0622 e. The van der Waals surface area contributed by atoms with Crippen LogP contribution in [0.2, 0.25) is 0 Å². The molecule has 142 valence electrons. The molecule has 0 rings (SSSR count). The lowest BCUT2D eigenvalue weighted by molar-refractivity contribution is 0.235. The first-order valence-corrected chi connectivity index (χ1v) is 10.3. The van der Waals surface area contributed by atoms with Gasteiger partial charge >= 0.3 is 0 Å². The molecule has 0 spiro atoms. The van der Waals surface area contributed by atoms with Crippen LogP contribution in [0.15, 0.2) is 4.99 Å². The van der Waals surface area contributed by atoms with Crippen LogP contribution in [0.4, 0.5) is 0 Å². The standard InChI is InChI=1S/C22H39N3/c1-5-9-13-21(7-3,15-11-17-23)19-25-20-22(8-4,14-10-6-2)16-12-18-24/h19H,5-16,20H2,1-4H3. The Morgan fingerprint density at radius 2 is 1.40 bits per heavy atom. The summed E-state index contributed by atoms with van der Waals surface area (Å²) >= 11 is 0. The third-order valence-electron chi connectivity index (χ3n) is 5.84. The summed E-state index contributed by atoms with van der Waals surface area (Å²) in [6, 6.07) is 4.63. The Kier molecular flexibility index (Phi) is 13.1. The summed E-state index contributed by atoms with van der Waals surface area (Å²) in [5.74, 6) is 0. The van der Waals surface area contributed by atoms with E-state index in [1.54, 1.807) is 0 Å². The molecule has 25 heavy (non-hydrogen) atoms. The van der Waals surface area contributed by atoms with Gasteiger partial charge < -0.3 is 0 Å². The molecule has 2 atom stereocenters. The summed E-state index contributed by atoms with van der Waals surface area (Å²) in [6.07, 6.45) is 14.4. The topological polar surface area (TPSA) is 59.9 Å². The highest BCUT2D eigenvalue weighted by molar-refractivity contribution is 5.65. The predicted molar refractivity (Wildman–Crippen MR) is 108 cm³/mol. The Hall–Kier alpha value is -1.35. The molecule has 0 bridgehead atoms. The maximum Gasteiger partial charge on any atom is 0.0622 e. The summed E-state index contributed by atoms with van der Waals surface area (Å²) in [7, 11) is 0. The van der Waals surface area contributed by atoms with Gasteiger partial charge in [-0.05, 0) is 43.9 Å². The minimum absolute atomic E-state index is 0.0746. The van der Waals surface area contributed by atoms with Crippen molar-refractivity contribution in [3.8, 4) is 12.1 Å². The zero-order chi connectivity index (χ0) is 19.0. The molecule has 0 aromatic rings. The second-order valence-corrected chi connectivity index (χ2v) is 7.56. The number of unbranched alkanes of at least 4 members (excludes halogenated alkanes) is 2. The van der Waals surface area contributed by atoms with E-state index < -0.39 is 0 Å². The van der Waals surface area contributed by atoms with Gasteiger partial charge in [0.15, 0.2) is 0 Å². The molecule has 3 heteroatoms. The van der Waals surface area contributed by atoms with Gasteiger partial charge in [-0.15, -0.1) is 0 Å². The molecule has 3 nitrogen and oxygen atoms in total. The van der Waals surface area contributed by atoms with Crippen LogP contribution in [0, 0.1) is 33.5 Å². The number of rotatable bonds is 15. The average Bonchev–Trinajstić information content (AvgIpc) is 2.65. The van der Waals surface area contributed by atoms with E-state index in [2.05, 4.69) is 46.0 Å². The van der Waals surface area contributed by atoms with Gasteiger partial charge in [-0.25, -0.2) is 0 Å². The summed E-state index contributed by atoms with van der Waals surface area (Å²) in [6.45, 7) is 9.73. The van der Waals surface area contributed by atoms with Crippen molar-refractivity contribution in [2.24, 2.45) is 15.8 Å². The van der Waals surface area contributed by atoms with Crippen LogP contribution in [0.1, 0.15) is 105 Å². The first kappa shape index (κ1) is 23.6. The second kappa shape index (κ2) is 13.9. The maximum atomic E-state index is 9.02. The largest absolute Gasteiger partial charge is 0.296 e. The quantitative estimate of drug-likeness (QED) is 0.305. The highest BCUT2D eigenvalue weighted by atomic mass is 14.7. The van der Waals surface area contributed by atoms with Gasteiger partial charge in [0.1, 0.15) is 0 Å². The summed E-state index contributed by atoms with van der Waals surface area (Å²) in [4.78, 5) is 4.93. The molecule has 0 N–H and O–H groups in total. The van der Waals surface area contributed by atoms with Crippen molar-refractivity contribution in [1.29, 1.82) is 10.5 Å². The molecular weight excluding hydrogens is 306 g/mol. The summed E-state index contributed by atoms with van der Waals surface area (Å²) in [5, 5.41) is 18.0. The van der Waals surface area contributed by atoms with Crippen molar-refractivity contribution in [2.75, 3.05) is 6.54 Å². The van der Waals surface area contributed by atoms with Crippen LogP contribution >= 0.6 is 0 Å². The van der Waals surface area contributed by atoms with Crippen molar-refractivity contribution >= 4 is 6.21 Å². The Bertz CT molecular complexity index is 443. The van der Waals surface area contributed by atoms with Crippen LogP contribution in [0.5, 0.6) is 0 Å². The first-order valence-electron chi connectivity index (χ1n) is 10.3. The van der Waals surface area contributed by atoms with E-state index in [1.807, 2.05) is 0 Å². The molecule has 0 saturated heterocycles. The molecule has 2 unspecified atom stereocenters. The van der Waals surface area contributed by atoms with E-state index in [4.69, 9.17) is 15.5 Å². The van der Waals surface area contributed by atoms with E-state index in [0.29, 0.717) is 12.8 Å². The Labute approximate surface area is 156 Å². The molecule has 0 aromatic carbocycles. The van der Waals surface area contributed by atoms with Crippen molar-refractivity contribution in [3.05, 3.63) is 0 Å². The predicted octanol–water partition coefficient (Wildman–Crippen LogP) is 6.84. The Morgan fingerprint density at radius 3 is 1.92 bits per heavy atom. The van der Waals surface area contributed by atoms with Gasteiger partial charge in [-0.2, -0.15) is 10.5 Å². The monoisotopic (exact) mass is 345 g/mol. The number of nitrogens with zero attached hydrogens (tertiary/aromatic N) is 3.